The van der Waals surface area contributed by atoms with Gasteiger partial charge in [0.25, 0.3) is 5.91 Å². The van der Waals surface area contributed by atoms with Crippen LogP contribution in [0.1, 0.15) is 33.4 Å². The van der Waals surface area contributed by atoms with Gasteiger partial charge in [-0.1, -0.05) is 0 Å². The number of anilines is 1. The Bertz CT molecular complexity index is 552. The molecule has 2 heterocycles. The molecular formula is C10H11N5OS. The standard InChI is InChI=1S/C10H11N5OS/c1-5-11-8(15-14-5)9(16)13-10-12-6-3-2-4-7(6)17-10/h2-4H2,1H3,(H,11,14,15)(H,12,13,16). The number of H-pyrrole nitrogens is 1. The lowest BCUT2D eigenvalue weighted by Crippen LogP contribution is -2.13. The molecule has 88 valence electrons. The highest BCUT2D eigenvalue weighted by Crippen LogP contribution is 2.30. The fraction of sp³-hybridized carbons (Fsp3) is 0.400. The predicted octanol–water partition coefficient (Wildman–Crippen LogP) is 1.31. The third kappa shape index (κ3) is 1.93. The van der Waals surface area contributed by atoms with Crippen LogP contribution in [0.5, 0.6) is 0 Å². The van der Waals surface area contributed by atoms with E-state index in [-0.39, 0.29) is 11.7 Å². The van der Waals surface area contributed by atoms with Crippen LogP contribution in [0.3, 0.4) is 0 Å². The number of thiazole rings is 1. The highest BCUT2D eigenvalue weighted by atomic mass is 32.1. The predicted molar refractivity (Wildman–Crippen MR) is 63.2 cm³/mol. The van der Waals surface area contributed by atoms with Crippen LogP contribution in [0.2, 0.25) is 0 Å². The Kier molecular flexibility index (Phi) is 2.40. The van der Waals surface area contributed by atoms with Crippen molar-refractivity contribution < 1.29 is 4.79 Å². The molecule has 0 saturated carbocycles. The summed E-state index contributed by atoms with van der Waals surface area (Å²) in [6.07, 6.45) is 3.26. The van der Waals surface area contributed by atoms with Gasteiger partial charge in [-0.15, -0.1) is 16.4 Å². The molecule has 2 aromatic rings. The Morgan fingerprint density at radius 3 is 3.00 bits per heavy atom. The average Bonchev–Trinajstić information content (AvgIpc) is 2.92. The summed E-state index contributed by atoms with van der Waals surface area (Å²) in [4.78, 5) is 21.4. The molecule has 7 heteroatoms. The second-order valence-electron chi connectivity index (χ2n) is 3.94. The molecule has 0 radical (unpaired) electrons. The van der Waals surface area contributed by atoms with E-state index in [9.17, 15) is 4.79 Å². The molecule has 2 N–H and O–H groups in total. The molecule has 0 unspecified atom stereocenters. The van der Waals surface area contributed by atoms with Crippen molar-refractivity contribution in [1.82, 2.24) is 20.2 Å². The average molecular weight is 249 g/mol. The summed E-state index contributed by atoms with van der Waals surface area (Å²) in [6.45, 7) is 1.75. The highest BCUT2D eigenvalue weighted by Gasteiger charge is 2.19. The van der Waals surface area contributed by atoms with Gasteiger partial charge in [0.05, 0.1) is 5.69 Å². The normalized spacial score (nSPS) is 13.7. The third-order valence-corrected chi connectivity index (χ3v) is 3.69. The monoisotopic (exact) mass is 249 g/mol. The molecule has 0 aliphatic heterocycles. The summed E-state index contributed by atoms with van der Waals surface area (Å²) >= 11 is 1.54. The van der Waals surface area contributed by atoms with E-state index in [1.54, 1.807) is 18.3 Å². The largest absolute Gasteiger partial charge is 0.297 e. The number of carbonyl (C=O) groups excluding carboxylic acids is 1. The van der Waals surface area contributed by atoms with E-state index in [2.05, 4.69) is 25.5 Å². The Morgan fingerprint density at radius 2 is 2.29 bits per heavy atom. The second kappa shape index (κ2) is 3.92. The van der Waals surface area contributed by atoms with Gasteiger partial charge in [0, 0.05) is 4.88 Å². The topological polar surface area (TPSA) is 83.6 Å². The third-order valence-electron chi connectivity index (χ3n) is 2.62. The number of amides is 1. The number of carbonyl (C=O) groups is 1. The Hall–Kier alpha value is -1.76. The molecule has 0 atom stereocenters. The Balaban J connectivity index is 1.76. The van der Waals surface area contributed by atoms with Crippen LogP contribution in [-0.2, 0) is 12.8 Å². The van der Waals surface area contributed by atoms with Gasteiger partial charge >= 0.3 is 0 Å². The zero-order valence-electron chi connectivity index (χ0n) is 9.28. The summed E-state index contributed by atoms with van der Waals surface area (Å²) in [5.41, 5.74) is 1.12. The van der Waals surface area contributed by atoms with E-state index >= 15 is 0 Å². The van der Waals surface area contributed by atoms with Gasteiger partial charge in [0.15, 0.2) is 5.13 Å². The maximum absolute atomic E-state index is 11.8. The maximum Gasteiger partial charge on any atom is 0.297 e. The molecule has 1 aliphatic rings. The van der Waals surface area contributed by atoms with Crippen molar-refractivity contribution in [3.63, 3.8) is 0 Å². The highest BCUT2D eigenvalue weighted by molar-refractivity contribution is 7.15. The van der Waals surface area contributed by atoms with Gasteiger partial charge in [-0.25, -0.2) is 9.97 Å². The zero-order valence-corrected chi connectivity index (χ0v) is 10.1. The number of aryl methyl sites for hydroxylation is 3. The number of aromatic amines is 1. The second-order valence-corrected chi connectivity index (χ2v) is 5.02. The minimum atomic E-state index is -0.318. The quantitative estimate of drug-likeness (QED) is 0.840. The number of rotatable bonds is 2. The van der Waals surface area contributed by atoms with Crippen LogP contribution in [0, 0.1) is 6.92 Å². The first-order valence-corrected chi connectivity index (χ1v) is 6.23. The molecule has 0 spiro atoms. The first kappa shape index (κ1) is 10.4. The summed E-state index contributed by atoms with van der Waals surface area (Å²) in [5, 5.41) is 9.80. The van der Waals surface area contributed by atoms with Gasteiger partial charge in [0.2, 0.25) is 5.82 Å². The lowest BCUT2D eigenvalue weighted by atomic mass is 10.4. The van der Waals surface area contributed by atoms with Crippen molar-refractivity contribution in [2.24, 2.45) is 0 Å². The fourth-order valence-corrected chi connectivity index (χ4v) is 2.89. The van der Waals surface area contributed by atoms with Crippen molar-refractivity contribution in [2.75, 3.05) is 5.32 Å². The van der Waals surface area contributed by atoms with Crippen LogP contribution < -0.4 is 5.32 Å². The van der Waals surface area contributed by atoms with Gasteiger partial charge < -0.3 is 0 Å². The molecule has 1 aliphatic carbocycles. The van der Waals surface area contributed by atoms with Crippen LogP contribution in [-0.4, -0.2) is 26.1 Å². The van der Waals surface area contributed by atoms with Crippen LogP contribution in [0.25, 0.3) is 0 Å². The van der Waals surface area contributed by atoms with E-state index < -0.39 is 0 Å². The Labute approximate surface area is 101 Å². The summed E-state index contributed by atoms with van der Waals surface area (Å²) in [7, 11) is 0. The van der Waals surface area contributed by atoms with E-state index in [0.29, 0.717) is 11.0 Å². The summed E-state index contributed by atoms with van der Waals surface area (Å²) < 4.78 is 0. The lowest BCUT2D eigenvalue weighted by molar-refractivity contribution is 0.101. The number of hydrogen-bond donors (Lipinski definition) is 2. The van der Waals surface area contributed by atoms with Gasteiger partial charge in [-0.3, -0.25) is 15.2 Å². The molecule has 0 bridgehead atoms. The SMILES string of the molecule is Cc1nc(C(=O)Nc2nc3c(s2)CCC3)n[nH]1. The molecule has 1 amide bonds. The number of hydrogen-bond acceptors (Lipinski definition) is 5. The van der Waals surface area contributed by atoms with Crippen molar-refractivity contribution in [3.05, 3.63) is 22.2 Å². The first-order valence-electron chi connectivity index (χ1n) is 5.41. The van der Waals surface area contributed by atoms with E-state index in [1.165, 1.54) is 11.3 Å². The van der Waals surface area contributed by atoms with Gasteiger partial charge in [-0.05, 0) is 26.2 Å². The van der Waals surface area contributed by atoms with Gasteiger partial charge in [0.1, 0.15) is 5.82 Å². The number of nitrogens with one attached hydrogen (secondary N) is 2. The lowest BCUT2D eigenvalue weighted by Gasteiger charge is -1.96. The minimum Gasteiger partial charge on any atom is -0.295 e. The summed E-state index contributed by atoms with van der Waals surface area (Å²) in [5.74, 6) is 0.455. The minimum absolute atomic E-state index is 0.151. The molecule has 0 fully saturated rings. The van der Waals surface area contributed by atoms with Gasteiger partial charge in [-0.2, -0.15) is 0 Å². The maximum atomic E-state index is 11.8. The molecule has 17 heavy (non-hydrogen) atoms. The molecule has 3 rings (SSSR count). The first-order chi connectivity index (χ1) is 8.22. The van der Waals surface area contributed by atoms with E-state index in [1.807, 2.05) is 0 Å². The van der Waals surface area contributed by atoms with Crippen LogP contribution in [0.4, 0.5) is 5.13 Å². The van der Waals surface area contributed by atoms with Crippen LogP contribution in [0.15, 0.2) is 0 Å². The van der Waals surface area contributed by atoms with Crippen molar-refractivity contribution in [3.8, 4) is 0 Å². The van der Waals surface area contributed by atoms with Crippen molar-refractivity contribution >= 4 is 22.4 Å². The zero-order chi connectivity index (χ0) is 11.8. The van der Waals surface area contributed by atoms with Crippen LogP contribution >= 0.6 is 11.3 Å². The van der Waals surface area contributed by atoms with Crippen molar-refractivity contribution in [1.29, 1.82) is 0 Å². The van der Waals surface area contributed by atoms with E-state index in [4.69, 9.17) is 0 Å². The molecule has 0 saturated heterocycles. The smallest absolute Gasteiger partial charge is 0.295 e. The Morgan fingerprint density at radius 1 is 1.41 bits per heavy atom. The number of fused-ring (bicyclic) bond motifs is 1. The summed E-state index contributed by atoms with van der Waals surface area (Å²) in [6, 6.07) is 0. The van der Waals surface area contributed by atoms with E-state index in [0.717, 1.165) is 18.5 Å². The fourth-order valence-electron chi connectivity index (χ4n) is 1.84. The molecule has 6 nitrogen and oxygen atoms in total. The molecular weight excluding hydrogens is 238 g/mol. The van der Waals surface area contributed by atoms with Crippen molar-refractivity contribution in [2.45, 2.75) is 26.2 Å². The number of aromatic nitrogens is 4. The number of nitrogens with zero attached hydrogens (tertiary/aromatic N) is 3. The molecule has 0 aromatic carbocycles. The molecule has 2 aromatic heterocycles.